The van der Waals surface area contributed by atoms with Gasteiger partial charge in [-0.3, -0.25) is 4.68 Å². The minimum absolute atomic E-state index is 0.180. The summed E-state index contributed by atoms with van der Waals surface area (Å²) in [6, 6.07) is -0.587. The van der Waals surface area contributed by atoms with Crippen LogP contribution >= 0.6 is 11.6 Å². The third-order valence-electron chi connectivity index (χ3n) is 1.73. The molecule has 0 spiro atoms. The number of nitrogens with two attached hydrogens (primary N) is 1. The molecule has 2 N–H and O–H groups in total. The molecule has 1 rings (SSSR count). The number of nitrogens with zero attached hydrogens (tertiary/aromatic N) is 2. The summed E-state index contributed by atoms with van der Waals surface area (Å²) < 4.78 is 38.0. The Bertz CT molecular complexity index is 343. The molecule has 1 heterocycles. The summed E-state index contributed by atoms with van der Waals surface area (Å²) in [6.07, 6.45) is -4.54. The fraction of sp³-hybridized carbons (Fsp3) is 0.571. The van der Waals surface area contributed by atoms with Gasteiger partial charge >= 0.3 is 6.18 Å². The third-order valence-corrected chi connectivity index (χ3v) is 2.10. The highest BCUT2D eigenvalue weighted by molar-refractivity contribution is 6.32. The van der Waals surface area contributed by atoms with E-state index in [1.165, 1.54) is 7.05 Å². The molecular formula is C7H9ClF3N3. The van der Waals surface area contributed by atoms with Gasteiger partial charge in [0.1, 0.15) is 0 Å². The molecule has 0 aromatic carbocycles. The van der Waals surface area contributed by atoms with Gasteiger partial charge < -0.3 is 5.73 Å². The summed E-state index contributed by atoms with van der Waals surface area (Å²) in [5.74, 6) is 0. The van der Waals surface area contributed by atoms with Crippen LogP contribution in [-0.4, -0.2) is 9.78 Å². The molecule has 0 saturated heterocycles. The Morgan fingerprint density at radius 1 is 1.50 bits per heavy atom. The monoisotopic (exact) mass is 227 g/mol. The van der Waals surface area contributed by atoms with Crippen LogP contribution in [0.25, 0.3) is 0 Å². The number of rotatable bonds is 1. The predicted molar refractivity (Wildman–Crippen MR) is 45.8 cm³/mol. The fourth-order valence-electron chi connectivity index (χ4n) is 1.19. The van der Waals surface area contributed by atoms with Crippen LogP contribution in [0.5, 0.6) is 0 Å². The molecule has 0 aliphatic carbocycles. The standard InChI is InChI=1S/C7H9ClF3N3/c1-3(12)5-4(8)6(7(9,10)11)13-14(5)2/h3H,12H2,1-2H3. The second-order valence-corrected chi connectivity index (χ2v) is 3.34. The normalized spacial score (nSPS) is 14.5. The van der Waals surface area contributed by atoms with E-state index in [0.717, 1.165) is 4.68 Å². The molecule has 0 radical (unpaired) electrons. The van der Waals surface area contributed by atoms with Crippen LogP contribution < -0.4 is 5.73 Å². The number of halogens is 4. The second-order valence-electron chi connectivity index (χ2n) is 2.96. The van der Waals surface area contributed by atoms with Crippen molar-refractivity contribution in [3.05, 3.63) is 16.4 Å². The van der Waals surface area contributed by atoms with E-state index >= 15 is 0 Å². The van der Waals surface area contributed by atoms with Crippen LogP contribution in [0.15, 0.2) is 0 Å². The molecule has 3 nitrogen and oxygen atoms in total. The third kappa shape index (κ3) is 1.85. The first-order chi connectivity index (χ1) is 6.25. The average Bonchev–Trinajstić information content (AvgIpc) is 2.24. The van der Waals surface area contributed by atoms with Crippen molar-refractivity contribution < 1.29 is 13.2 Å². The Labute approximate surface area is 83.6 Å². The highest BCUT2D eigenvalue weighted by Gasteiger charge is 2.38. The van der Waals surface area contributed by atoms with Gasteiger partial charge in [0, 0.05) is 13.1 Å². The number of alkyl halides is 3. The van der Waals surface area contributed by atoms with Gasteiger partial charge in [-0.1, -0.05) is 11.6 Å². The Hall–Kier alpha value is -0.750. The first-order valence-corrected chi connectivity index (χ1v) is 4.18. The average molecular weight is 228 g/mol. The zero-order valence-corrected chi connectivity index (χ0v) is 8.32. The Morgan fingerprint density at radius 2 is 2.00 bits per heavy atom. The van der Waals surface area contributed by atoms with Crippen molar-refractivity contribution in [2.75, 3.05) is 0 Å². The highest BCUT2D eigenvalue weighted by Crippen LogP contribution is 2.36. The van der Waals surface area contributed by atoms with Crippen LogP contribution in [0, 0.1) is 0 Å². The maximum Gasteiger partial charge on any atom is 0.436 e. The maximum atomic E-state index is 12.3. The van der Waals surface area contributed by atoms with Crippen molar-refractivity contribution in [1.82, 2.24) is 9.78 Å². The molecule has 1 unspecified atom stereocenters. The van der Waals surface area contributed by atoms with E-state index in [9.17, 15) is 13.2 Å². The van der Waals surface area contributed by atoms with Crippen molar-refractivity contribution in [2.24, 2.45) is 12.8 Å². The van der Waals surface area contributed by atoms with Crippen LogP contribution in [0.4, 0.5) is 13.2 Å². The molecule has 1 aromatic heterocycles. The van der Waals surface area contributed by atoms with Crippen molar-refractivity contribution in [2.45, 2.75) is 19.1 Å². The minimum atomic E-state index is -4.54. The summed E-state index contributed by atoms with van der Waals surface area (Å²) in [4.78, 5) is 0. The van der Waals surface area contributed by atoms with Gasteiger partial charge in [0.25, 0.3) is 0 Å². The van der Waals surface area contributed by atoms with Crippen LogP contribution in [0.2, 0.25) is 5.02 Å². The van der Waals surface area contributed by atoms with Crippen LogP contribution in [0.1, 0.15) is 24.4 Å². The summed E-state index contributed by atoms with van der Waals surface area (Å²) in [5.41, 5.74) is 4.55. The lowest BCUT2D eigenvalue weighted by atomic mass is 10.2. The molecule has 14 heavy (non-hydrogen) atoms. The zero-order chi connectivity index (χ0) is 11.1. The summed E-state index contributed by atoms with van der Waals surface area (Å²) in [7, 11) is 1.37. The lowest BCUT2D eigenvalue weighted by molar-refractivity contribution is -0.141. The summed E-state index contributed by atoms with van der Waals surface area (Å²) in [5, 5.41) is 2.86. The van der Waals surface area contributed by atoms with E-state index in [-0.39, 0.29) is 5.69 Å². The first kappa shape index (κ1) is 11.3. The van der Waals surface area contributed by atoms with E-state index < -0.39 is 22.9 Å². The lowest BCUT2D eigenvalue weighted by Gasteiger charge is -2.05. The second kappa shape index (κ2) is 3.43. The highest BCUT2D eigenvalue weighted by atomic mass is 35.5. The largest absolute Gasteiger partial charge is 0.436 e. The predicted octanol–water partition coefficient (Wildman–Crippen LogP) is 2.11. The van der Waals surface area contributed by atoms with Gasteiger partial charge in [-0.05, 0) is 6.92 Å². The van der Waals surface area contributed by atoms with E-state index in [1.807, 2.05) is 0 Å². The SMILES string of the molecule is CC(N)c1c(Cl)c(C(F)(F)F)nn1C. The van der Waals surface area contributed by atoms with E-state index in [2.05, 4.69) is 5.10 Å². The Balaban J connectivity index is 3.31. The summed E-state index contributed by atoms with van der Waals surface area (Å²) in [6.45, 7) is 1.54. The van der Waals surface area contributed by atoms with Gasteiger partial charge in [-0.2, -0.15) is 18.3 Å². The summed E-state index contributed by atoms with van der Waals surface area (Å²) >= 11 is 5.53. The topological polar surface area (TPSA) is 43.8 Å². The van der Waals surface area contributed by atoms with Crippen LogP contribution in [0.3, 0.4) is 0 Å². The number of aromatic nitrogens is 2. The molecule has 0 aliphatic heterocycles. The van der Waals surface area contributed by atoms with Gasteiger partial charge in [0.2, 0.25) is 0 Å². The van der Waals surface area contributed by atoms with E-state index in [4.69, 9.17) is 17.3 Å². The van der Waals surface area contributed by atoms with Gasteiger partial charge in [0.15, 0.2) is 5.69 Å². The molecule has 0 aliphatic rings. The molecule has 0 fully saturated rings. The first-order valence-electron chi connectivity index (χ1n) is 3.80. The lowest BCUT2D eigenvalue weighted by Crippen LogP contribution is -2.10. The molecule has 7 heteroatoms. The molecular weight excluding hydrogens is 219 g/mol. The fourth-order valence-corrected chi connectivity index (χ4v) is 1.63. The number of hydrogen-bond acceptors (Lipinski definition) is 2. The Morgan fingerprint density at radius 3 is 2.21 bits per heavy atom. The van der Waals surface area contributed by atoms with Crippen molar-refractivity contribution in [3.63, 3.8) is 0 Å². The van der Waals surface area contributed by atoms with Crippen molar-refractivity contribution in [3.8, 4) is 0 Å². The maximum absolute atomic E-state index is 12.3. The van der Waals surface area contributed by atoms with Crippen molar-refractivity contribution in [1.29, 1.82) is 0 Å². The quantitative estimate of drug-likeness (QED) is 0.799. The van der Waals surface area contributed by atoms with Crippen LogP contribution in [-0.2, 0) is 13.2 Å². The molecule has 1 atom stereocenters. The Kier molecular flexibility index (Phi) is 2.78. The molecule has 1 aromatic rings. The van der Waals surface area contributed by atoms with Gasteiger partial charge in [-0.25, -0.2) is 0 Å². The molecule has 0 saturated carbocycles. The minimum Gasteiger partial charge on any atom is -0.323 e. The van der Waals surface area contributed by atoms with Gasteiger partial charge in [-0.15, -0.1) is 0 Å². The van der Waals surface area contributed by atoms with Gasteiger partial charge in [0.05, 0.1) is 10.7 Å². The molecule has 0 amide bonds. The van der Waals surface area contributed by atoms with E-state index in [1.54, 1.807) is 6.92 Å². The zero-order valence-electron chi connectivity index (χ0n) is 7.56. The number of hydrogen-bond donors (Lipinski definition) is 1. The van der Waals surface area contributed by atoms with E-state index in [0.29, 0.717) is 0 Å². The van der Waals surface area contributed by atoms with Crippen molar-refractivity contribution >= 4 is 11.6 Å². The molecule has 80 valence electrons. The molecule has 0 bridgehead atoms. The smallest absolute Gasteiger partial charge is 0.323 e. The number of aryl methyl sites for hydroxylation is 1.